The monoisotopic (exact) mass is 430 g/mol. The molecule has 1 unspecified atom stereocenters. The highest BCUT2D eigenvalue weighted by Crippen LogP contribution is 2.23. The third-order valence-corrected chi connectivity index (χ3v) is 5.04. The zero-order chi connectivity index (χ0) is 20.2. The zero-order valence-electron chi connectivity index (χ0n) is 16.6. The van der Waals surface area contributed by atoms with E-state index in [1.807, 2.05) is 47.0 Å². The van der Waals surface area contributed by atoms with Crippen molar-refractivity contribution in [2.45, 2.75) is 12.6 Å². The first-order valence-electron chi connectivity index (χ1n) is 9.58. The molecule has 4 rings (SSSR count). The number of aromatic nitrogens is 2. The molecular weight excluding hydrogens is 407 g/mol. The van der Waals surface area contributed by atoms with Crippen LogP contribution in [0.15, 0.2) is 60.9 Å². The number of ether oxygens (including phenoxy) is 1. The fourth-order valence-electron chi connectivity index (χ4n) is 3.56. The number of rotatable bonds is 5. The molecule has 158 valence electrons. The molecule has 0 radical (unpaired) electrons. The first-order valence-corrected chi connectivity index (χ1v) is 9.58. The number of amides is 1. The largest absolute Gasteiger partial charge is 0.489 e. The van der Waals surface area contributed by atoms with Crippen LogP contribution in [-0.4, -0.2) is 40.0 Å². The molecule has 0 saturated carbocycles. The molecule has 1 amide bonds. The second-order valence-corrected chi connectivity index (χ2v) is 7.06. The topological polar surface area (TPSA) is 59.4 Å². The molecule has 1 aromatic heterocycles. The summed E-state index contributed by atoms with van der Waals surface area (Å²) in [6.45, 7) is 2.28. The maximum absolute atomic E-state index is 13.3. The van der Waals surface area contributed by atoms with Crippen LogP contribution in [0.2, 0.25) is 0 Å². The number of carbonyl (C=O) groups excluding carboxylic acids is 1. The lowest BCUT2D eigenvalue weighted by molar-refractivity contribution is 0.0620. The summed E-state index contributed by atoms with van der Waals surface area (Å²) in [6, 6.07) is 13.3. The molecule has 3 aromatic rings. The van der Waals surface area contributed by atoms with Crippen molar-refractivity contribution >= 4 is 18.3 Å². The number of benzene rings is 2. The van der Waals surface area contributed by atoms with Crippen LogP contribution >= 0.6 is 12.4 Å². The van der Waals surface area contributed by atoms with Gasteiger partial charge in [0.15, 0.2) is 0 Å². The van der Waals surface area contributed by atoms with E-state index in [1.165, 1.54) is 12.1 Å². The van der Waals surface area contributed by atoms with Crippen molar-refractivity contribution in [3.8, 4) is 5.75 Å². The van der Waals surface area contributed by atoms with Gasteiger partial charge in [0.2, 0.25) is 0 Å². The van der Waals surface area contributed by atoms with Gasteiger partial charge in [-0.2, -0.15) is 0 Å². The number of carbonyl (C=O) groups is 1. The van der Waals surface area contributed by atoms with Crippen LogP contribution in [0.1, 0.15) is 27.8 Å². The minimum absolute atomic E-state index is 0. The van der Waals surface area contributed by atoms with Gasteiger partial charge in [0.1, 0.15) is 30.0 Å². The molecule has 2 heterocycles. The van der Waals surface area contributed by atoms with Crippen LogP contribution in [0.25, 0.3) is 0 Å². The molecule has 1 fully saturated rings. The van der Waals surface area contributed by atoms with E-state index in [4.69, 9.17) is 4.74 Å². The Morgan fingerprint density at radius 2 is 2.10 bits per heavy atom. The average molecular weight is 431 g/mol. The number of nitrogens with zero attached hydrogens (tertiary/aromatic N) is 3. The lowest BCUT2D eigenvalue weighted by Gasteiger charge is -2.35. The molecule has 1 atom stereocenters. The third kappa shape index (κ3) is 4.80. The number of hydrogen-bond acceptors (Lipinski definition) is 4. The normalized spacial score (nSPS) is 16.1. The quantitative estimate of drug-likeness (QED) is 0.674. The predicted molar refractivity (Wildman–Crippen MR) is 114 cm³/mol. The van der Waals surface area contributed by atoms with Gasteiger partial charge in [-0.05, 0) is 29.8 Å². The van der Waals surface area contributed by atoms with Crippen LogP contribution in [-0.2, 0) is 13.7 Å². The van der Waals surface area contributed by atoms with Gasteiger partial charge >= 0.3 is 0 Å². The summed E-state index contributed by atoms with van der Waals surface area (Å²) < 4.78 is 20.9. The van der Waals surface area contributed by atoms with Gasteiger partial charge < -0.3 is 19.5 Å². The third-order valence-electron chi connectivity index (χ3n) is 5.04. The van der Waals surface area contributed by atoms with Crippen molar-refractivity contribution in [2.24, 2.45) is 7.05 Å². The molecule has 0 spiro atoms. The lowest BCUT2D eigenvalue weighted by Crippen LogP contribution is -2.49. The van der Waals surface area contributed by atoms with E-state index in [9.17, 15) is 9.18 Å². The summed E-state index contributed by atoms with van der Waals surface area (Å²) in [5, 5.41) is 3.34. The summed E-state index contributed by atoms with van der Waals surface area (Å²) in [4.78, 5) is 19.6. The van der Waals surface area contributed by atoms with Crippen LogP contribution in [0.4, 0.5) is 4.39 Å². The van der Waals surface area contributed by atoms with Crippen LogP contribution in [0, 0.1) is 5.82 Å². The molecule has 1 aliphatic rings. The predicted octanol–water partition coefficient (Wildman–Crippen LogP) is 3.35. The second kappa shape index (κ2) is 9.73. The van der Waals surface area contributed by atoms with E-state index in [0.29, 0.717) is 24.4 Å². The van der Waals surface area contributed by atoms with E-state index >= 15 is 0 Å². The molecule has 1 aliphatic heterocycles. The van der Waals surface area contributed by atoms with Crippen molar-refractivity contribution in [3.63, 3.8) is 0 Å². The Morgan fingerprint density at radius 1 is 1.27 bits per heavy atom. The Labute approximate surface area is 181 Å². The molecule has 0 aliphatic carbocycles. The summed E-state index contributed by atoms with van der Waals surface area (Å²) in [5.74, 6) is 0.937. The van der Waals surface area contributed by atoms with E-state index < -0.39 is 0 Å². The number of aryl methyl sites for hydroxylation is 1. The molecular formula is C22H24ClFN4O2. The van der Waals surface area contributed by atoms with Crippen LogP contribution in [0.5, 0.6) is 5.75 Å². The van der Waals surface area contributed by atoms with Crippen molar-refractivity contribution in [1.82, 2.24) is 19.8 Å². The Balaban J connectivity index is 0.00000256. The van der Waals surface area contributed by atoms with E-state index in [0.717, 1.165) is 17.9 Å². The van der Waals surface area contributed by atoms with Crippen LogP contribution in [0.3, 0.4) is 0 Å². The average Bonchev–Trinajstić information content (AvgIpc) is 3.18. The smallest absolute Gasteiger partial charge is 0.254 e. The number of nitrogens with one attached hydrogen (secondary N) is 1. The molecule has 1 saturated heterocycles. The standard InChI is InChI=1S/C22H23FN4O2.ClH/c1-26-10-9-25-21(26)20-14-24-8-11-27(20)22(28)17-5-2-4-16(12-17)15-29-19-7-3-6-18(23)13-19;/h2-7,9-10,12-13,20,24H,8,11,14-15H2,1H3;1H. The molecule has 2 aromatic carbocycles. The maximum atomic E-state index is 13.3. The van der Waals surface area contributed by atoms with Gasteiger partial charge in [-0.3, -0.25) is 4.79 Å². The summed E-state index contributed by atoms with van der Waals surface area (Å²) in [5.41, 5.74) is 1.45. The van der Waals surface area contributed by atoms with Gasteiger partial charge in [-0.1, -0.05) is 18.2 Å². The van der Waals surface area contributed by atoms with Gasteiger partial charge in [-0.25, -0.2) is 9.37 Å². The maximum Gasteiger partial charge on any atom is 0.254 e. The first-order chi connectivity index (χ1) is 14.1. The van der Waals surface area contributed by atoms with Gasteiger partial charge in [0.25, 0.3) is 5.91 Å². The van der Waals surface area contributed by atoms with E-state index in [-0.39, 0.29) is 36.8 Å². The zero-order valence-corrected chi connectivity index (χ0v) is 17.4. The minimum Gasteiger partial charge on any atom is -0.489 e. The number of hydrogen-bond donors (Lipinski definition) is 1. The van der Waals surface area contributed by atoms with Gasteiger partial charge in [0.05, 0.1) is 0 Å². The molecule has 6 nitrogen and oxygen atoms in total. The van der Waals surface area contributed by atoms with Crippen molar-refractivity contribution in [2.75, 3.05) is 19.6 Å². The first kappa shape index (κ1) is 21.8. The fourth-order valence-corrected chi connectivity index (χ4v) is 3.56. The van der Waals surface area contributed by atoms with E-state index in [1.54, 1.807) is 18.3 Å². The minimum atomic E-state index is -0.342. The lowest BCUT2D eigenvalue weighted by atomic mass is 10.1. The fraction of sp³-hybridized carbons (Fsp3) is 0.273. The molecule has 8 heteroatoms. The highest BCUT2D eigenvalue weighted by molar-refractivity contribution is 5.94. The Hall–Kier alpha value is -2.90. The Bertz CT molecular complexity index is 1010. The summed E-state index contributed by atoms with van der Waals surface area (Å²) in [7, 11) is 1.93. The van der Waals surface area contributed by atoms with Gasteiger partial charge in [0, 0.05) is 50.7 Å². The number of imidazole rings is 1. The van der Waals surface area contributed by atoms with Crippen LogP contribution < -0.4 is 10.1 Å². The Kier molecular flexibility index (Phi) is 7.07. The SMILES string of the molecule is Cl.Cn1ccnc1C1CNCCN1C(=O)c1cccc(COc2cccc(F)c2)c1. The molecule has 30 heavy (non-hydrogen) atoms. The Morgan fingerprint density at radius 3 is 2.87 bits per heavy atom. The number of piperazine rings is 1. The molecule has 0 bridgehead atoms. The summed E-state index contributed by atoms with van der Waals surface area (Å²) >= 11 is 0. The van der Waals surface area contributed by atoms with Crippen molar-refractivity contribution in [1.29, 1.82) is 0 Å². The molecule has 1 N–H and O–H groups in total. The van der Waals surface area contributed by atoms with Gasteiger partial charge in [-0.15, -0.1) is 12.4 Å². The highest BCUT2D eigenvalue weighted by Gasteiger charge is 2.31. The second-order valence-electron chi connectivity index (χ2n) is 7.06. The highest BCUT2D eigenvalue weighted by atomic mass is 35.5. The van der Waals surface area contributed by atoms with E-state index in [2.05, 4.69) is 10.3 Å². The number of halogens is 2. The van der Waals surface area contributed by atoms with Crippen molar-refractivity contribution in [3.05, 3.63) is 83.7 Å². The summed E-state index contributed by atoms with van der Waals surface area (Å²) in [6.07, 6.45) is 3.63. The van der Waals surface area contributed by atoms with Crippen molar-refractivity contribution < 1.29 is 13.9 Å².